The molecule has 2 amide bonds. The highest BCUT2D eigenvalue weighted by atomic mass is 35.5. The Morgan fingerprint density at radius 1 is 0.898 bits per heavy atom. The highest BCUT2D eigenvalue weighted by molar-refractivity contribution is 6.22. The zero-order chi connectivity index (χ0) is 32.8. The van der Waals surface area contributed by atoms with Crippen LogP contribution in [0.25, 0.3) is 16.7 Å². The number of nitrogens with one attached hydrogen (secondary N) is 1. The number of quaternary nitrogens is 2. The van der Waals surface area contributed by atoms with Crippen LogP contribution >= 0.6 is 0 Å². The Balaban J connectivity index is 0.00000208. The lowest BCUT2D eigenvalue weighted by Gasteiger charge is -2.55. The molecule has 49 heavy (non-hydrogen) atoms. The number of halogens is 2. The number of fused-ring (bicyclic) bond motifs is 7. The van der Waals surface area contributed by atoms with Crippen LogP contribution in [-0.4, -0.2) is 112 Å². The van der Waals surface area contributed by atoms with E-state index in [0.717, 1.165) is 84.3 Å². The Labute approximate surface area is 299 Å². The highest BCUT2D eigenvalue weighted by Gasteiger charge is 2.60. The maximum atomic E-state index is 13.7. The number of carbonyl (C=O) groups is 4. The maximum absolute atomic E-state index is 13.7. The van der Waals surface area contributed by atoms with Crippen molar-refractivity contribution in [3.05, 3.63) is 64.3 Å². The number of carboxylic acids is 1. The first-order valence-corrected chi connectivity index (χ1v) is 17.3. The SMILES string of the molecule is C[C@@H](O)[C@H]1C(=O)N2C(C(=O)O)=C(c3ccc4c(c3)-c3ccc(C[N+]56CC[N+](CC(=O)NC7CCCC7)(CC5)CC6)cc3C4=O)[C@H](C)[C@H]12.[Cl-].[Cl-]. The van der Waals surface area contributed by atoms with E-state index in [4.69, 9.17) is 0 Å². The topological polar surface area (TPSA) is 124 Å². The average Bonchev–Trinajstić information content (AvgIpc) is 3.72. The van der Waals surface area contributed by atoms with Gasteiger partial charge in [-0.15, -0.1) is 0 Å². The van der Waals surface area contributed by atoms with Gasteiger partial charge in [0.05, 0.1) is 18.1 Å². The van der Waals surface area contributed by atoms with Crippen molar-refractivity contribution < 1.29 is 63.2 Å². The van der Waals surface area contributed by atoms with Crippen molar-refractivity contribution in [2.24, 2.45) is 11.8 Å². The summed E-state index contributed by atoms with van der Waals surface area (Å²) < 4.78 is 1.88. The lowest BCUT2D eigenvalue weighted by atomic mass is 9.76. The van der Waals surface area contributed by atoms with Gasteiger partial charge in [0.2, 0.25) is 5.91 Å². The molecule has 4 atom stereocenters. The van der Waals surface area contributed by atoms with Crippen molar-refractivity contribution in [2.45, 2.75) is 64.3 Å². The van der Waals surface area contributed by atoms with Crippen molar-refractivity contribution in [1.82, 2.24) is 10.2 Å². The van der Waals surface area contributed by atoms with E-state index in [0.29, 0.717) is 34.9 Å². The molecule has 9 rings (SSSR count). The van der Waals surface area contributed by atoms with Gasteiger partial charge in [-0.3, -0.25) is 14.4 Å². The van der Waals surface area contributed by atoms with Gasteiger partial charge in [0.15, 0.2) is 12.3 Å². The molecule has 12 heteroatoms. The number of amides is 2. The Bertz CT molecular complexity index is 1740. The molecule has 0 spiro atoms. The largest absolute Gasteiger partial charge is 1.00 e. The van der Waals surface area contributed by atoms with E-state index >= 15 is 0 Å². The first-order chi connectivity index (χ1) is 22.5. The molecule has 3 N–H and O–H groups in total. The Morgan fingerprint density at radius 3 is 2.16 bits per heavy atom. The van der Waals surface area contributed by atoms with Gasteiger partial charge in [0.1, 0.15) is 51.5 Å². The Kier molecular flexibility index (Phi) is 9.28. The van der Waals surface area contributed by atoms with Crippen LogP contribution in [0.4, 0.5) is 0 Å². The van der Waals surface area contributed by atoms with Crippen molar-refractivity contribution in [3.63, 3.8) is 0 Å². The van der Waals surface area contributed by atoms with Crippen molar-refractivity contribution in [1.29, 1.82) is 0 Å². The van der Waals surface area contributed by atoms with Crippen LogP contribution in [0.3, 0.4) is 0 Å². The number of carboxylic acid groups (broad SMARTS) is 1. The fourth-order valence-corrected chi connectivity index (χ4v) is 9.80. The minimum Gasteiger partial charge on any atom is -1.00 e. The molecule has 0 aromatic heterocycles. The third kappa shape index (κ3) is 5.60. The van der Waals surface area contributed by atoms with E-state index in [1.807, 2.05) is 25.1 Å². The summed E-state index contributed by atoms with van der Waals surface area (Å²) in [6, 6.07) is 11.6. The molecule has 1 saturated carbocycles. The van der Waals surface area contributed by atoms with E-state index in [1.54, 1.807) is 19.1 Å². The molecule has 7 aliphatic rings. The number of β-lactam (4-membered cyclic amide) rings is 1. The van der Waals surface area contributed by atoms with Gasteiger partial charge in [-0.1, -0.05) is 38.0 Å². The maximum Gasteiger partial charge on any atom is 0.352 e. The summed E-state index contributed by atoms with van der Waals surface area (Å²) in [5, 5.41) is 23.7. The minimum absolute atomic E-state index is 0. The van der Waals surface area contributed by atoms with E-state index in [-0.39, 0.29) is 54.0 Å². The van der Waals surface area contributed by atoms with Gasteiger partial charge in [0, 0.05) is 28.7 Å². The molecule has 2 aromatic rings. The summed E-state index contributed by atoms with van der Waals surface area (Å²) in [5.74, 6) is -2.25. The molecule has 2 aromatic carbocycles. The molecule has 262 valence electrons. The van der Waals surface area contributed by atoms with Gasteiger partial charge in [-0.05, 0) is 60.2 Å². The van der Waals surface area contributed by atoms with E-state index in [9.17, 15) is 29.4 Å². The van der Waals surface area contributed by atoms with Crippen LogP contribution in [0.2, 0.25) is 0 Å². The predicted molar refractivity (Wildman–Crippen MR) is 174 cm³/mol. The molecule has 5 heterocycles. The van der Waals surface area contributed by atoms with Gasteiger partial charge in [-0.2, -0.15) is 0 Å². The molecule has 10 nitrogen and oxygen atoms in total. The Hall–Kier alpha value is -3.28. The molecule has 5 fully saturated rings. The third-order valence-electron chi connectivity index (χ3n) is 12.4. The first kappa shape index (κ1) is 35.5. The lowest BCUT2D eigenvalue weighted by molar-refractivity contribution is -1.08. The van der Waals surface area contributed by atoms with Crippen LogP contribution < -0.4 is 30.1 Å². The number of hydrogen-bond donors (Lipinski definition) is 3. The zero-order valence-corrected chi connectivity index (χ0v) is 29.5. The lowest BCUT2D eigenvalue weighted by Crippen LogP contribution is -3.00. The summed E-state index contributed by atoms with van der Waals surface area (Å²) in [7, 11) is 0. The van der Waals surface area contributed by atoms with Crippen LogP contribution in [0, 0.1) is 11.8 Å². The minimum atomic E-state index is -1.17. The quantitative estimate of drug-likeness (QED) is 0.167. The van der Waals surface area contributed by atoms with Crippen LogP contribution in [0.5, 0.6) is 0 Å². The van der Waals surface area contributed by atoms with Gasteiger partial charge in [-0.25, -0.2) is 4.79 Å². The zero-order valence-electron chi connectivity index (χ0n) is 28.0. The number of carbonyl (C=O) groups excluding carboxylic acids is 3. The molecule has 4 saturated heterocycles. The molecule has 0 unspecified atom stereocenters. The van der Waals surface area contributed by atoms with Gasteiger partial charge >= 0.3 is 5.97 Å². The smallest absolute Gasteiger partial charge is 0.352 e. The summed E-state index contributed by atoms with van der Waals surface area (Å²) >= 11 is 0. The van der Waals surface area contributed by atoms with Crippen LogP contribution in [0.15, 0.2) is 42.1 Å². The summed E-state index contributed by atoms with van der Waals surface area (Å²) in [4.78, 5) is 53.2. The molecule has 2 aliphatic carbocycles. The second-order valence-corrected chi connectivity index (χ2v) is 15.2. The fraction of sp³-hybridized carbons (Fsp3) is 0.514. The van der Waals surface area contributed by atoms with Crippen LogP contribution in [-0.2, 0) is 20.9 Å². The second kappa shape index (κ2) is 12.8. The van der Waals surface area contributed by atoms with Crippen molar-refractivity contribution in [3.8, 4) is 11.1 Å². The number of aliphatic hydroxyl groups is 1. The summed E-state index contributed by atoms with van der Waals surface area (Å²) in [6.45, 7) is 11.0. The molecule has 2 bridgehead atoms. The number of rotatable bonds is 8. The normalized spacial score (nSPS) is 30.2. The highest BCUT2D eigenvalue weighted by Crippen LogP contribution is 2.51. The average molecular weight is 712 g/mol. The molecule has 0 radical (unpaired) electrons. The number of ketones is 1. The van der Waals surface area contributed by atoms with Gasteiger partial charge < -0.3 is 54.2 Å². The monoisotopic (exact) mass is 710 g/mol. The third-order valence-corrected chi connectivity index (χ3v) is 12.4. The summed E-state index contributed by atoms with van der Waals surface area (Å²) in [5.41, 5.74) is 5.27. The number of benzene rings is 2. The fourth-order valence-electron chi connectivity index (χ4n) is 9.80. The van der Waals surface area contributed by atoms with Gasteiger partial charge in [0.25, 0.3) is 5.91 Å². The van der Waals surface area contributed by atoms with Crippen LogP contribution in [0.1, 0.15) is 66.6 Å². The molecular weight excluding hydrogens is 667 g/mol. The number of piperazine rings is 3. The molecular formula is C37H44Cl2N4O6. The van der Waals surface area contributed by atoms with E-state index < -0.39 is 24.0 Å². The number of aliphatic hydroxyl groups excluding tert-OH is 1. The van der Waals surface area contributed by atoms with Crippen molar-refractivity contribution in [2.75, 3.05) is 45.8 Å². The predicted octanol–water partition coefficient (Wildman–Crippen LogP) is -3.22. The van der Waals surface area contributed by atoms with E-state index in [1.165, 1.54) is 17.7 Å². The summed E-state index contributed by atoms with van der Waals surface area (Å²) in [6.07, 6.45) is 3.78. The second-order valence-electron chi connectivity index (χ2n) is 15.2. The Morgan fingerprint density at radius 2 is 1.53 bits per heavy atom. The number of aliphatic carboxylic acids is 1. The standard InChI is InChI=1S/C37H42N4O6.2ClH/c1-21-31(34(37(46)47)39-33(21)32(22(2)42)36(39)45)24-8-10-27-28(18-24)26-9-7-23(17-29(26)35(27)44)19-40-11-14-41(15-12-40,16-13-40)20-30(43)38-25-5-3-4-6-25;;/h7-10,17-18,21-22,25,32-33,42H,3-6,11-16,19-20H2,1-2H3;2*1H/t21-,22+,32+,33+,40?,41?;;/m0../s1. The van der Waals surface area contributed by atoms with Crippen molar-refractivity contribution >= 4 is 29.1 Å². The molecule has 5 aliphatic heterocycles. The first-order valence-electron chi connectivity index (χ1n) is 17.3. The number of hydrogen-bond acceptors (Lipinski definition) is 5. The number of nitrogens with zero attached hydrogens (tertiary/aromatic N) is 3. The van der Waals surface area contributed by atoms with E-state index in [2.05, 4.69) is 11.4 Å².